The first-order valence-corrected chi connectivity index (χ1v) is 4.97. The predicted octanol–water partition coefficient (Wildman–Crippen LogP) is 2.26. The van der Waals surface area contributed by atoms with Gasteiger partial charge in [-0.3, -0.25) is 4.90 Å². The monoisotopic (exact) mass is 185 g/mol. The number of amides is 1. The fourth-order valence-corrected chi connectivity index (χ4v) is 1.83. The Kier molecular flexibility index (Phi) is 3.17. The first-order valence-electron chi connectivity index (χ1n) is 4.97. The molecule has 3 heteroatoms. The molecule has 1 fully saturated rings. The third kappa shape index (κ3) is 2.36. The van der Waals surface area contributed by atoms with E-state index >= 15 is 0 Å². The first kappa shape index (κ1) is 10.4. The molecular weight excluding hydrogens is 166 g/mol. The van der Waals surface area contributed by atoms with Crippen LogP contribution in [0.25, 0.3) is 0 Å². The van der Waals surface area contributed by atoms with E-state index in [2.05, 4.69) is 13.8 Å². The summed E-state index contributed by atoms with van der Waals surface area (Å²) >= 11 is 0. The Labute approximate surface area is 80.1 Å². The highest BCUT2D eigenvalue weighted by atomic mass is 16.6. The van der Waals surface area contributed by atoms with Gasteiger partial charge in [-0.05, 0) is 26.2 Å². The van der Waals surface area contributed by atoms with Gasteiger partial charge in [0.1, 0.15) is 6.61 Å². The van der Waals surface area contributed by atoms with Gasteiger partial charge in [0, 0.05) is 6.04 Å². The van der Waals surface area contributed by atoms with E-state index in [1.807, 2.05) is 18.7 Å². The summed E-state index contributed by atoms with van der Waals surface area (Å²) in [6.07, 6.45) is 0.879. The minimum absolute atomic E-state index is 0.152. The topological polar surface area (TPSA) is 29.5 Å². The van der Waals surface area contributed by atoms with E-state index in [4.69, 9.17) is 4.74 Å². The van der Waals surface area contributed by atoms with Crippen LogP contribution < -0.4 is 0 Å². The Bertz CT molecular complexity index is 189. The number of nitrogens with zero attached hydrogens (tertiary/aromatic N) is 1. The highest BCUT2D eigenvalue weighted by Gasteiger charge is 2.34. The molecule has 1 unspecified atom stereocenters. The van der Waals surface area contributed by atoms with Crippen molar-refractivity contribution in [1.82, 2.24) is 4.90 Å². The minimum atomic E-state index is -0.152. The van der Waals surface area contributed by atoms with Crippen LogP contribution in [0.15, 0.2) is 0 Å². The van der Waals surface area contributed by atoms with E-state index in [1.165, 1.54) is 0 Å². The molecule has 0 saturated carbocycles. The molecule has 13 heavy (non-hydrogen) atoms. The van der Waals surface area contributed by atoms with Crippen molar-refractivity contribution in [3.63, 3.8) is 0 Å². The van der Waals surface area contributed by atoms with Crippen LogP contribution >= 0.6 is 0 Å². The van der Waals surface area contributed by atoms with E-state index in [0.29, 0.717) is 12.5 Å². The van der Waals surface area contributed by atoms with Crippen LogP contribution in [0.3, 0.4) is 0 Å². The maximum atomic E-state index is 11.3. The highest BCUT2D eigenvalue weighted by Crippen LogP contribution is 2.21. The number of carbonyl (C=O) groups excluding carboxylic acids is 1. The largest absolute Gasteiger partial charge is 0.447 e. The number of cyclic esters (lactones) is 1. The van der Waals surface area contributed by atoms with E-state index in [1.54, 1.807) is 0 Å². The van der Waals surface area contributed by atoms with Crippen molar-refractivity contribution in [3.8, 4) is 0 Å². The fraction of sp³-hybridized carbons (Fsp3) is 0.900. The molecule has 1 saturated heterocycles. The maximum Gasteiger partial charge on any atom is 0.410 e. The van der Waals surface area contributed by atoms with Crippen molar-refractivity contribution in [3.05, 3.63) is 0 Å². The lowest BCUT2D eigenvalue weighted by atomic mass is 10.0. The number of carbonyl (C=O) groups is 1. The third-order valence-electron chi connectivity index (χ3n) is 2.30. The van der Waals surface area contributed by atoms with Crippen molar-refractivity contribution in [2.75, 3.05) is 6.61 Å². The Morgan fingerprint density at radius 1 is 1.46 bits per heavy atom. The normalized spacial score (nSPS) is 23.1. The van der Waals surface area contributed by atoms with Crippen LogP contribution in [0, 0.1) is 5.92 Å². The van der Waals surface area contributed by atoms with Crippen LogP contribution in [0.1, 0.15) is 34.1 Å². The predicted molar refractivity (Wildman–Crippen MR) is 51.6 cm³/mol. The summed E-state index contributed by atoms with van der Waals surface area (Å²) in [5.41, 5.74) is 0. The lowest BCUT2D eigenvalue weighted by Crippen LogP contribution is -2.39. The van der Waals surface area contributed by atoms with Gasteiger partial charge in [0.15, 0.2) is 0 Å². The Morgan fingerprint density at radius 2 is 2.08 bits per heavy atom. The summed E-state index contributed by atoms with van der Waals surface area (Å²) in [4.78, 5) is 13.2. The van der Waals surface area contributed by atoms with Gasteiger partial charge in [0.2, 0.25) is 0 Å². The Hall–Kier alpha value is -0.730. The SMILES string of the molecule is CC(C)CC1COC(=O)N1C(C)C. The number of ether oxygens (including phenoxy) is 1. The molecule has 1 aliphatic heterocycles. The summed E-state index contributed by atoms with van der Waals surface area (Å²) in [6, 6.07) is 0.534. The summed E-state index contributed by atoms with van der Waals surface area (Å²) in [5.74, 6) is 0.612. The van der Waals surface area contributed by atoms with Crippen molar-refractivity contribution < 1.29 is 9.53 Å². The van der Waals surface area contributed by atoms with Crippen molar-refractivity contribution >= 4 is 6.09 Å². The van der Waals surface area contributed by atoms with Crippen molar-refractivity contribution in [1.29, 1.82) is 0 Å². The van der Waals surface area contributed by atoms with Gasteiger partial charge in [-0.25, -0.2) is 4.79 Å². The number of rotatable bonds is 3. The fourth-order valence-electron chi connectivity index (χ4n) is 1.83. The van der Waals surface area contributed by atoms with Crippen LogP contribution in [0.4, 0.5) is 4.79 Å². The zero-order chi connectivity index (χ0) is 10.0. The summed E-state index contributed by atoms with van der Waals surface area (Å²) in [7, 11) is 0. The minimum Gasteiger partial charge on any atom is -0.447 e. The lowest BCUT2D eigenvalue weighted by molar-refractivity contribution is 0.148. The van der Waals surface area contributed by atoms with Crippen LogP contribution in [0.5, 0.6) is 0 Å². The average Bonchev–Trinajstić information content (AvgIpc) is 2.30. The van der Waals surface area contributed by atoms with Crippen LogP contribution in [-0.2, 0) is 4.74 Å². The molecule has 0 aliphatic carbocycles. The zero-order valence-corrected chi connectivity index (χ0v) is 8.91. The third-order valence-corrected chi connectivity index (χ3v) is 2.30. The molecule has 1 heterocycles. The summed E-state index contributed by atoms with van der Waals surface area (Å²) < 4.78 is 5.03. The number of hydrogen-bond donors (Lipinski definition) is 0. The van der Waals surface area contributed by atoms with Gasteiger partial charge >= 0.3 is 6.09 Å². The molecule has 0 aromatic heterocycles. The molecule has 76 valence electrons. The quantitative estimate of drug-likeness (QED) is 0.675. The molecule has 0 bridgehead atoms. The molecule has 0 spiro atoms. The molecule has 1 atom stereocenters. The second-order valence-corrected chi connectivity index (χ2v) is 4.36. The molecule has 0 aromatic carbocycles. The van der Waals surface area contributed by atoms with E-state index in [9.17, 15) is 4.79 Å². The van der Waals surface area contributed by atoms with E-state index in [-0.39, 0.29) is 18.2 Å². The van der Waals surface area contributed by atoms with E-state index in [0.717, 1.165) is 6.42 Å². The smallest absolute Gasteiger partial charge is 0.410 e. The van der Waals surface area contributed by atoms with Gasteiger partial charge in [0.05, 0.1) is 6.04 Å². The van der Waals surface area contributed by atoms with Crippen molar-refractivity contribution in [2.45, 2.75) is 46.2 Å². The Balaban J connectivity index is 2.59. The van der Waals surface area contributed by atoms with Crippen LogP contribution in [-0.4, -0.2) is 29.7 Å². The maximum absolute atomic E-state index is 11.3. The molecule has 0 radical (unpaired) electrons. The second-order valence-electron chi connectivity index (χ2n) is 4.36. The highest BCUT2D eigenvalue weighted by molar-refractivity contribution is 5.70. The standard InChI is InChI=1S/C10H19NO2/c1-7(2)5-9-6-13-10(12)11(9)8(3)4/h7-9H,5-6H2,1-4H3. The molecular formula is C10H19NO2. The van der Waals surface area contributed by atoms with Gasteiger partial charge in [0.25, 0.3) is 0 Å². The average molecular weight is 185 g/mol. The van der Waals surface area contributed by atoms with Crippen LogP contribution in [0.2, 0.25) is 0 Å². The number of hydrogen-bond acceptors (Lipinski definition) is 2. The zero-order valence-electron chi connectivity index (χ0n) is 8.91. The Morgan fingerprint density at radius 3 is 2.54 bits per heavy atom. The molecule has 0 aromatic rings. The van der Waals surface area contributed by atoms with Crippen molar-refractivity contribution in [2.24, 2.45) is 5.92 Å². The molecule has 1 amide bonds. The molecule has 1 aliphatic rings. The summed E-state index contributed by atoms with van der Waals surface area (Å²) in [6.45, 7) is 8.96. The molecule has 3 nitrogen and oxygen atoms in total. The molecule has 1 rings (SSSR count). The first-order chi connectivity index (χ1) is 6.02. The molecule has 0 N–H and O–H groups in total. The van der Waals surface area contributed by atoms with E-state index < -0.39 is 0 Å². The second kappa shape index (κ2) is 3.99. The van der Waals surface area contributed by atoms with Gasteiger partial charge < -0.3 is 4.74 Å². The lowest BCUT2D eigenvalue weighted by Gasteiger charge is -2.26. The summed E-state index contributed by atoms with van der Waals surface area (Å²) in [5, 5.41) is 0. The van der Waals surface area contributed by atoms with Gasteiger partial charge in [-0.1, -0.05) is 13.8 Å². The van der Waals surface area contributed by atoms with Gasteiger partial charge in [-0.2, -0.15) is 0 Å². The van der Waals surface area contributed by atoms with Gasteiger partial charge in [-0.15, -0.1) is 0 Å².